The van der Waals surface area contributed by atoms with E-state index in [0.29, 0.717) is 0 Å². The molecule has 0 bridgehead atoms. The van der Waals surface area contributed by atoms with Crippen molar-refractivity contribution >= 4 is 22.7 Å². The molecule has 2 heterocycles. The molecule has 0 fully saturated rings. The molecule has 0 N–H and O–H groups in total. The highest BCUT2D eigenvalue weighted by molar-refractivity contribution is 7.24. The van der Waals surface area contributed by atoms with E-state index in [2.05, 4.69) is 137 Å². The number of thiophene rings is 2. The van der Waals surface area contributed by atoms with Gasteiger partial charge in [0.05, 0.1) is 5.41 Å². The van der Waals surface area contributed by atoms with E-state index in [9.17, 15) is 0 Å². The third-order valence-electron chi connectivity index (χ3n) is 10.6. The van der Waals surface area contributed by atoms with Gasteiger partial charge in [0.1, 0.15) is 0 Å². The summed E-state index contributed by atoms with van der Waals surface area (Å²) in [5.41, 5.74) is 13.5. The van der Waals surface area contributed by atoms with E-state index in [1.165, 1.54) is 127 Å². The lowest BCUT2D eigenvalue weighted by Gasteiger charge is -2.34. The maximum absolute atomic E-state index is 2.54. The zero-order valence-corrected chi connectivity index (χ0v) is 31.4. The first-order valence-electron chi connectivity index (χ1n) is 18.6. The summed E-state index contributed by atoms with van der Waals surface area (Å²) in [5.74, 6) is 0. The fraction of sp³-hybridized carbons (Fsp3) is 0.319. The predicted octanol–water partition coefficient (Wildman–Crippen LogP) is 14.4. The van der Waals surface area contributed by atoms with E-state index >= 15 is 0 Å². The van der Waals surface area contributed by atoms with E-state index < -0.39 is 0 Å². The van der Waals surface area contributed by atoms with Crippen LogP contribution in [0.5, 0.6) is 0 Å². The Morgan fingerprint density at radius 2 is 1.08 bits per heavy atom. The van der Waals surface area contributed by atoms with Crippen LogP contribution < -0.4 is 0 Å². The van der Waals surface area contributed by atoms with Gasteiger partial charge < -0.3 is 0 Å². The molecule has 7 rings (SSSR count). The quantitative estimate of drug-likeness (QED) is 0.100. The lowest BCUT2D eigenvalue weighted by molar-refractivity contribution is 0.666. The lowest BCUT2D eigenvalue weighted by atomic mass is 9.67. The van der Waals surface area contributed by atoms with E-state index in [1.807, 2.05) is 22.7 Å². The molecule has 0 aliphatic heterocycles. The van der Waals surface area contributed by atoms with Crippen LogP contribution in [0.3, 0.4) is 0 Å². The summed E-state index contributed by atoms with van der Waals surface area (Å²) in [6.45, 7) is 9.18. The van der Waals surface area contributed by atoms with Crippen molar-refractivity contribution in [2.24, 2.45) is 0 Å². The second-order valence-corrected chi connectivity index (χ2v) is 16.4. The maximum Gasteiger partial charge on any atom is 0.0713 e. The molecule has 0 saturated carbocycles. The fourth-order valence-corrected chi connectivity index (χ4v) is 10.5. The minimum Gasteiger partial charge on any atom is -0.139 e. The van der Waals surface area contributed by atoms with Crippen LogP contribution in [-0.2, 0) is 18.3 Å². The van der Waals surface area contributed by atoms with Crippen LogP contribution in [0.4, 0.5) is 0 Å². The highest BCUT2D eigenvalue weighted by Crippen LogP contribution is 2.57. The zero-order valence-electron chi connectivity index (χ0n) is 29.8. The Morgan fingerprint density at radius 3 is 1.71 bits per heavy atom. The van der Waals surface area contributed by atoms with Crippen LogP contribution in [0.1, 0.15) is 109 Å². The topological polar surface area (TPSA) is 0 Å². The van der Waals surface area contributed by atoms with Crippen molar-refractivity contribution in [3.63, 3.8) is 0 Å². The average Bonchev–Trinajstić information content (AvgIpc) is 3.81. The molecule has 2 aromatic heterocycles. The average molecular weight is 679 g/mol. The zero-order chi connectivity index (χ0) is 33.8. The smallest absolute Gasteiger partial charge is 0.0713 e. The number of rotatable bonds is 14. The lowest BCUT2D eigenvalue weighted by Crippen LogP contribution is -2.28. The number of hydrogen-bond donors (Lipinski definition) is 0. The molecule has 0 amide bonds. The Bertz CT molecular complexity index is 1970. The van der Waals surface area contributed by atoms with Gasteiger partial charge in [0.2, 0.25) is 0 Å². The summed E-state index contributed by atoms with van der Waals surface area (Å²) >= 11 is 4.03. The minimum absolute atomic E-state index is 0.379. The summed E-state index contributed by atoms with van der Waals surface area (Å²) in [6, 6.07) is 41.9. The van der Waals surface area contributed by atoms with Gasteiger partial charge in [-0.1, -0.05) is 149 Å². The molecule has 0 atom stereocenters. The molecule has 49 heavy (non-hydrogen) atoms. The highest BCUT2D eigenvalue weighted by Gasteiger charge is 2.46. The molecule has 0 saturated heterocycles. The number of unbranched alkanes of at least 4 members (excludes halogenated alkanes) is 6. The molecule has 250 valence electrons. The van der Waals surface area contributed by atoms with Crippen molar-refractivity contribution in [1.29, 1.82) is 0 Å². The molecule has 0 spiro atoms. The first-order valence-corrected chi connectivity index (χ1v) is 20.3. The van der Waals surface area contributed by atoms with Crippen LogP contribution >= 0.6 is 22.7 Å². The van der Waals surface area contributed by atoms with E-state index in [-0.39, 0.29) is 5.41 Å². The van der Waals surface area contributed by atoms with Gasteiger partial charge >= 0.3 is 0 Å². The first-order chi connectivity index (χ1) is 24.0. The number of benzene rings is 4. The van der Waals surface area contributed by atoms with Crippen LogP contribution in [0.15, 0.2) is 109 Å². The Hall–Kier alpha value is -3.72. The largest absolute Gasteiger partial charge is 0.139 e. The Morgan fingerprint density at radius 1 is 0.510 bits per heavy atom. The van der Waals surface area contributed by atoms with Gasteiger partial charge in [0.25, 0.3) is 0 Å². The minimum atomic E-state index is -0.379. The van der Waals surface area contributed by atoms with Crippen LogP contribution in [0.2, 0.25) is 0 Å². The van der Waals surface area contributed by atoms with Crippen molar-refractivity contribution in [3.8, 4) is 31.3 Å². The molecule has 0 unspecified atom stereocenters. The number of aryl methyl sites for hydroxylation is 4. The predicted molar refractivity (Wildman–Crippen MR) is 216 cm³/mol. The van der Waals surface area contributed by atoms with Gasteiger partial charge in [-0.05, 0) is 108 Å². The number of fused-ring (bicyclic) bond motifs is 3. The molecule has 2 heteroatoms. The molecular formula is C47H50S2. The van der Waals surface area contributed by atoms with Gasteiger partial charge in [0.15, 0.2) is 0 Å². The van der Waals surface area contributed by atoms with Crippen molar-refractivity contribution in [2.75, 3.05) is 0 Å². The summed E-state index contributed by atoms with van der Waals surface area (Å²) in [5, 5.41) is 0. The van der Waals surface area contributed by atoms with Crippen LogP contribution in [-0.4, -0.2) is 0 Å². The second-order valence-electron chi connectivity index (χ2n) is 14.1. The van der Waals surface area contributed by atoms with E-state index in [0.717, 1.165) is 6.42 Å². The Balaban J connectivity index is 1.36. The highest BCUT2D eigenvalue weighted by atomic mass is 32.1. The summed E-state index contributed by atoms with van der Waals surface area (Å²) in [4.78, 5) is 5.85. The monoisotopic (exact) mass is 678 g/mol. The molecular weight excluding hydrogens is 629 g/mol. The van der Waals surface area contributed by atoms with Gasteiger partial charge in [-0.25, -0.2) is 0 Å². The first kappa shape index (κ1) is 33.8. The molecule has 0 radical (unpaired) electrons. The number of hydrogen-bond acceptors (Lipinski definition) is 2. The summed E-state index contributed by atoms with van der Waals surface area (Å²) in [7, 11) is 0. The van der Waals surface area contributed by atoms with Gasteiger partial charge in [-0.2, -0.15) is 0 Å². The van der Waals surface area contributed by atoms with Crippen molar-refractivity contribution < 1.29 is 0 Å². The molecule has 1 aliphatic rings. The maximum atomic E-state index is 2.54. The van der Waals surface area contributed by atoms with Crippen LogP contribution in [0.25, 0.3) is 31.3 Å². The molecule has 4 aromatic carbocycles. The van der Waals surface area contributed by atoms with Crippen molar-refractivity contribution in [2.45, 2.75) is 97.3 Å². The van der Waals surface area contributed by atoms with Gasteiger partial charge in [0, 0.05) is 19.5 Å². The Kier molecular flexibility index (Phi) is 10.4. The van der Waals surface area contributed by atoms with Gasteiger partial charge in [-0.3, -0.25) is 0 Å². The Labute approximate surface area is 302 Å². The molecule has 1 aliphatic carbocycles. The fourth-order valence-electron chi connectivity index (χ4n) is 8.09. The van der Waals surface area contributed by atoms with Crippen molar-refractivity contribution in [1.82, 2.24) is 0 Å². The standard InChI is InChI=1S/C47H50S2/c1-5-7-9-13-19-35-31-45(48-34(35)4)46-37(20-14-10-8-6-2)32-44(49-46)36-26-28-41-40-27-25-33(3)29-42(40)47(43(41)30-36,38-21-15-11-16-22-38)39-23-17-12-18-24-39/h11-12,15-18,21-32H,5-10,13-14,19-20H2,1-4H3. The van der Waals surface area contributed by atoms with Crippen molar-refractivity contribution in [3.05, 3.63) is 153 Å². The van der Waals surface area contributed by atoms with Crippen LogP contribution in [0, 0.1) is 13.8 Å². The van der Waals surface area contributed by atoms with Gasteiger partial charge in [-0.15, -0.1) is 22.7 Å². The second kappa shape index (κ2) is 15.0. The third kappa shape index (κ3) is 6.51. The molecule has 0 nitrogen and oxygen atoms in total. The SMILES string of the molecule is CCCCCCc1cc(-c2sc(-c3ccc4c(c3)C(c3ccccc3)(c3ccccc3)c3cc(C)ccc3-4)cc2CCCCCC)sc1C. The normalized spacial score (nSPS) is 13.1. The summed E-state index contributed by atoms with van der Waals surface area (Å²) in [6.07, 6.45) is 12.8. The summed E-state index contributed by atoms with van der Waals surface area (Å²) < 4.78 is 0. The van der Waals surface area contributed by atoms with E-state index in [1.54, 1.807) is 5.56 Å². The third-order valence-corrected chi connectivity index (χ3v) is 13.1. The van der Waals surface area contributed by atoms with E-state index in [4.69, 9.17) is 0 Å². The molecule has 6 aromatic rings.